The molecule has 0 N–H and O–H groups in total. The number of carbonyl (C=O) groups is 1. The third kappa shape index (κ3) is 3.48. The number of thiophene rings is 1. The van der Waals surface area contributed by atoms with Crippen LogP contribution in [-0.4, -0.2) is 17.8 Å². The van der Waals surface area contributed by atoms with Gasteiger partial charge in [0.15, 0.2) is 5.78 Å². The summed E-state index contributed by atoms with van der Waals surface area (Å²) in [5.74, 6) is 0.0940. The maximum atomic E-state index is 12.0. The lowest BCUT2D eigenvalue weighted by Gasteiger charge is -2.18. The molecule has 0 bridgehead atoms. The molecule has 0 fully saturated rings. The van der Waals surface area contributed by atoms with Crippen LogP contribution in [0.3, 0.4) is 0 Å². The molecule has 23 heavy (non-hydrogen) atoms. The number of hydrogen-bond acceptors (Lipinski definition) is 4. The average molecular weight is 322 g/mol. The first-order valence-corrected chi connectivity index (χ1v) is 8.27. The molecule has 2 heterocycles. The number of Topliss-reactive ketones (excluding diaryl/α,β-unsaturated/α-hetero) is 1. The van der Waals surface area contributed by atoms with Crippen molar-refractivity contribution in [2.45, 2.75) is 13.5 Å². The van der Waals surface area contributed by atoms with E-state index in [2.05, 4.69) is 22.0 Å². The highest BCUT2D eigenvalue weighted by atomic mass is 32.1. The molecule has 0 atom stereocenters. The summed E-state index contributed by atoms with van der Waals surface area (Å²) < 4.78 is 0. The molecule has 3 nitrogen and oxygen atoms in total. The first-order valence-electron chi connectivity index (χ1n) is 7.45. The van der Waals surface area contributed by atoms with Crippen LogP contribution in [0.5, 0.6) is 0 Å². The summed E-state index contributed by atoms with van der Waals surface area (Å²) in [5, 5.41) is 1.01. The van der Waals surface area contributed by atoms with Gasteiger partial charge in [0.1, 0.15) is 5.00 Å². The lowest BCUT2D eigenvalue weighted by atomic mass is 10.1. The molecule has 3 aromatic rings. The standard InChI is InChI=1S/C19H18N2OS/c1-14(22)17-12-18(16-8-10-20-11-9-16)23-19(17)21(2)13-15-6-4-3-5-7-15/h3-12H,13H2,1-2H3. The summed E-state index contributed by atoms with van der Waals surface area (Å²) in [6, 6.07) is 16.2. The van der Waals surface area contributed by atoms with Gasteiger partial charge in [-0.15, -0.1) is 11.3 Å². The highest BCUT2D eigenvalue weighted by Gasteiger charge is 2.17. The highest BCUT2D eigenvalue weighted by Crippen LogP contribution is 2.37. The Labute approximate surface area is 140 Å². The van der Waals surface area contributed by atoms with Crippen molar-refractivity contribution in [1.29, 1.82) is 0 Å². The molecule has 1 aromatic carbocycles. The van der Waals surface area contributed by atoms with E-state index < -0.39 is 0 Å². The van der Waals surface area contributed by atoms with Gasteiger partial charge in [0.2, 0.25) is 0 Å². The number of nitrogens with zero attached hydrogens (tertiary/aromatic N) is 2. The summed E-state index contributed by atoms with van der Waals surface area (Å²) in [5.41, 5.74) is 3.09. The van der Waals surface area contributed by atoms with Gasteiger partial charge in [-0.3, -0.25) is 9.78 Å². The van der Waals surface area contributed by atoms with Gasteiger partial charge in [0.25, 0.3) is 0 Å². The van der Waals surface area contributed by atoms with Gasteiger partial charge >= 0.3 is 0 Å². The fourth-order valence-electron chi connectivity index (χ4n) is 2.50. The fourth-order valence-corrected chi connectivity index (χ4v) is 3.68. The number of ketones is 1. The van der Waals surface area contributed by atoms with Crippen molar-refractivity contribution in [2.75, 3.05) is 11.9 Å². The average Bonchev–Trinajstić information content (AvgIpc) is 3.02. The zero-order valence-corrected chi connectivity index (χ0v) is 14.0. The van der Waals surface area contributed by atoms with Gasteiger partial charge in [-0.1, -0.05) is 30.3 Å². The van der Waals surface area contributed by atoms with Crippen LogP contribution in [0.15, 0.2) is 60.9 Å². The summed E-state index contributed by atoms with van der Waals surface area (Å²) >= 11 is 1.65. The SMILES string of the molecule is CC(=O)c1cc(-c2ccncc2)sc1N(C)Cc1ccccc1. The molecule has 0 aliphatic heterocycles. The van der Waals surface area contributed by atoms with Crippen molar-refractivity contribution in [3.63, 3.8) is 0 Å². The number of rotatable bonds is 5. The largest absolute Gasteiger partial charge is 0.362 e. The molecule has 0 radical (unpaired) electrons. The maximum absolute atomic E-state index is 12.0. The van der Waals surface area contributed by atoms with Crippen molar-refractivity contribution >= 4 is 22.1 Å². The van der Waals surface area contributed by atoms with Crippen LogP contribution >= 0.6 is 11.3 Å². The van der Waals surface area contributed by atoms with Crippen LogP contribution in [0, 0.1) is 0 Å². The number of anilines is 1. The fraction of sp³-hybridized carbons (Fsp3) is 0.158. The minimum absolute atomic E-state index is 0.0940. The van der Waals surface area contributed by atoms with E-state index in [9.17, 15) is 4.79 Å². The van der Waals surface area contributed by atoms with E-state index >= 15 is 0 Å². The zero-order valence-electron chi connectivity index (χ0n) is 13.2. The number of carbonyl (C=O) groups excluding carboxylic acids is 1. The van der Waals surface area contributed by atoms with Gasteiger partial charge in [0.05, 0.1) is 5.56 Å². The Balaban J connectivity index is 1.94. The highest BCUT2D eigenvalue weighted by molar-refractivity contribution is 7.19. The molecular weight excluding hydrogens is 304 g/mol. The Morgan fingerprint density at radius 2 is 1.83 bits per heavy atom. The Bertz CT molecular complexity index is 797. The molecule has 0 unspecified atom stereocenters. The second-order valence-corrected chi connectivity index (χ2v) is 6.49. The molecular formula is C19H18N2OS. The van der Waals surface area contributed by atoms with Crippen LogP contribution in [0.2, 0.25) is 0 Å². The van der Waals surface area contributed by atoms with E-state index in [1.807, 2.05) is 43.4 Å². The molecule has 0 spiro atoms. The topological polar surface area (TPSA) is 33.2 Å². The van der Waals surface area contributed by atoms with Gasteiger partial charge in [-0.2, -0.15) is 0 Å². The van der Waals surface area contributed by atoms with E-state index in [1.165, 1.54) is 5.56 Å². The van der Waals surface area contributed by atoms with Crippen LogP contribution in [-0.2, 0) is 6.54 Å². The number of aromatic nitrogens is 1. The molecule has 3 rings (SSSR count). The molecule has 0 aliphatic carbocycles. The Hall–Kier alpha value is -2.46. The molecule has 4 heteroatoms. The van der Waals surface area contributed by atoms with Crippen LogP contribution in [0.1, 0.15) is 22.8 Å². The van der Waals surface area contributed by atoms with Crippen LogP contribution in [0.25, 0.3) is 10.4 Å². The maximum Gasteiger partial charge on any atom is 0.162 e. The Morgan fingerprint density at radius 1 is 1.13 bits per heavy atom. The summed E-state index contributed by atoms with van der Waals surface area (Å²) in [6.07, 6.45) is 3.55. The van der Waals surface area contributed by atoms with E-state index in [4.69, 9.17) is 0 Å². The number of benzene rings is 1. The van der Waals surface area contributed by atoms with E-state index in [-0.39, 0.29) is 5.78 Å². The van der Waals surface area contributed by atoms with E-state index in [0.717, 1.165) is 27.5 Å². The van der Waals surface area contributed by atoms with Gasteiger partial charge in [-0.25, -0.2) is 0 Å². The Kier molecular flexibility index (Phi) is 4.53. The smallest absolute Gasteiger partial charge is 0.162 e. The normalized spacial score (nSPS) is 10.5. The second-order valence-electron chi connectivity index (χ2n) is 5.46. The quantitative estimate of drug-likeness (QED) is 0.641. The predicted octanol–water partition coefficient (Wildman–Crippen LogP) is 4.65. The van der Waals surface area contributed by atoms with Gasteiger partial charge in [0, 0.05) is 30.9 Å². The second kappa shape index (κ2) is 6.75. The zero-order chi connectivity index (χ0) is 16.2. The van der Waals surface area contributed by atoms with Crippen molar-refractivity contribution in [3.05, 3.63) is 72.1 Å². The molecule has 116 valence electrons. The first-order chi connectivity index (χ1) is 11.1. The molecule has 2 aromatic heterocycles. The van der Waals surface area contributed by atoms with Crippen LogP contribution in [0.4, 0.5) is 5.00 Å². The molecule has 0 amide bonds. The molecule has 0 saturated carbocycles. The van der Waals surface area contributed by atoms with Crippen molar-refractivity contribution < 1.29 is 4.79 Å². The van der Waals surface area contributed by atoms with Crippen LogP contribution < -0.4 is 4.90 Å². The minimum atomic E-state index is 0.0940. The number of pyridine rings is 1. The number of hydrogen-bond donors (Lipinski definition) is 0. The Morgan fingerprint density at radius 3 is 2.48 bits per heavy atom. The lowest BCUT2D eigenvalue weighted by Crippen LogP contribution is -2.17. The molecule has 0 saturated heterocycles. The monoisotopic (exact) mass is 322 g/mol. The van der Waals surface area contributed by atoms with E-state index in [0.29, 0.717) is 0 Å². The summed E-state index contributed by atoms with van der Waals surface area (Å²) in [7, 11) is 2.03. The first kappa shape index (κ1) is 15.4. The summed E-state index contributed by atoms with van der Waals surface area (Å²) in [6.45, 7) is 2.40. The van der Waals surface area contributed by atoms with Crippen molar-refractivity contribution in [1.82, 2.24) is 4.98 Å². The van der Waals surface area contributed by atoms with E-state index in [1.54, 1.807) is 30.7 Å². The molecule has 0 aliphatic rings. The van der Waals surface area contributed by atoms with Crippen molar-refractivity contribution in [2.24, 2.45) is 0 Å². The van der Waals surface area contributed by atoms with Gasteiger partial charge in [-0.05, 0) is 36.2 Å². The summed E-state index contributed by atoms with van der Waals surface area (Å²) in [4.78, 5) is 19.3. The third-order valence-corrected chi connectivity index (χ3v) is 4.96. The lowest BCUT2D eigenvalue weighted by molar-refractivity contribution is 0.101. The predicted molar refractivity (Wildman–Crippen MR) is 96.1 cm³/mol. The van der Waals surface area contributed by atoms with Gasteiger partial charge < -0.3 is 4.90 Å². The van der Waals surface area contributed by atoms with Crippen molar-refractivity contribution in [3.8, 4) is 10.4 Å². The minimum Gasteiger partial charge on any atom is -0.362 e. The third-order valence-electron chi connectivity index (χ3n) is 3.67.